The summed E-state index contributed by atoms with van der Waals surface area (Å²) in [5.74, 6) is -1.12. The lowest BCUT2D eigenvalue weighted by Crippen LogP contribution is -2.55. The minimum absolute atomic E-state index is 0.247. The van der Waals surface area contributed by atoms with Gasteiger partial charge in [0.2, 0.25) is 11.8 Å². The first-order valence-corrected chi connectivity index (χ1v) is 6.62. The quantitative estimate of drug-likeness (QED) is 0.858. The number of nitrogens with zero attached hydrogens (tertiary/aromatic N) is 1. The molecule has 1 saturated heterocycles. The summed E-state index contributed by atoms with van der Waals surface area (Å²) in [6.07, 6.45) is 1.24. The fraction of sp³-hybridized carbons (Fsp3) is 0.429. The molecule has 1 aliphatic rings. The number of rotatable bonds is 3. The third-order valence-electron chi connectivity index (χ3n) is 3.31. The lowest BCUT2D eigenvalue weighted by atomic mass is 10.0. The molecule has 0 spiro atoms. The second kappa shape index (κ2) is 6.00. The molecule has 20 heavy (non-hydrogen) atoms. The third-order valence-corrected chi connectivity index (χ3v) is 3.31. The summed E-state index contributed by atoms with van der Waals surface area (Å²) in [6.45, 7) is 2.00. The Kier molecular flexibility index (Phi) is 4.34. The van der Waals surface area contributed by atoms with Gasteiger partial charge in [0, 0.05) is 6.54 Å². The number of carbonyl (C=O) groups is 2. The Morgan fingerprint density at radius 1 is 1.50 bits per heavy atom. The second-order valence-corrected chi connectivity index (χ2v) is 4.93. The number of para-hydroxylation sites is 1. The van der Waals surface area contributed by atoms with Crippen molar-refractivity contribution in [3.8, 4) is 0 Å². The first-order valence-electron chi connectivity index (χ1n) is 6.62. The van der Waals surface area contributed by atoms with Crippen LogP contribution < -0.4 is 16.0 Å². The molecule has 6 heteroatoms. The molecule has 0 bridgehead atoms. The molecule has 3 N–H and O–H groups in total. The van der Waals surface area contributed by atoms with Gasteiger partial charge < -0.3 is 16.0 Å². The van der Waals surface area contributed by atoms with Crippen LogP contribution in [0.5, 0.6) is 0 Å². The van der Waals surface area contributed by atoms with Gasteiger partial charge in [-0.2, -0.15) is 0 Å². The van der Waals surface area contributed by atoms with Gasteiger partial charge in [0.15, 0.2) is 0 Å². The standard InChI is InChI=1S/C14H18FN3O2/c1-9(16)13(19)17-11-6-4-8-18(14(11)20)12-7-3-2-5-10(12)15/h2-3,5,7,9,11H,4,6,8,16H2,1H3,(H,17,19)/t9-,11?/m1/s1. The number of piperidine rings is 1. The van der Waals surface area contributed by atoms with Gasteiger partial charge in [0.1, 0.15) is 11.9 Å². The van der Waals surface area contributed by atoms with Crippen LogP contribution >= 0.6 is 0 Å². The number of nitrogens with two attached hydrogens (primary N) is 1. The number of amides is 2. The van der Waals surface area contributed by atoms with Crippen molar-refractivity contribution in [3.63, 3.8) is 0 Å². The molecular formula is C14H18FN3O2. The van der Waals surface area contributed by atoms with Crippen LogP contribution in [-0.2, 0) is 9.59 Å². The largest absolute Gasteiger partial charge is 0.343 e. The Bertz CT molecular complexity index is 519. The molecule has 1 heterocycles. The number of anilines is 1. The van der Waals surface area contributed by atoms with Crippen molar-refractivity contribution in [2.75, 3.05) is 11.4 Å². The minimum Gasteiger partial charge on any atom is -0.343 e. The van der Waals surface area contributed by atoms with Crippen molar-refractivity contribution in [1.82, 2.24) is 5.32 Å². The number of hydrogen-bond acceptors (Lipinski definition) is 3. The molecule has 2 atom stereocenters. The molecule has 0 aliphatic carbocycles. The van der Waals surface area contributed by atoms with Crippen molar-refractivity contribution >= 4 is 17.5 Å². The fourth-order valence-electron chi connectivity index (χ4n) is 2.22. The van der Waals surface area contributed by atoms with Gasteiger partial charge in [-0.3, -0.25) is 9.59 Å². The molecule has 2 rings (SSSR count). The van der Waals surface area contributed by atoms with E-state index in [0.717, 1.165) is 0 Å². The maximum absolute atomic E-state index is 13.8. The SMILES string of the molecule is C[C@@H](N)C(=O)NC1CCCN(c2ccccc2F)C1=O. The minimum atomic E-state index is -0.674. The molecule has 2 amide bonds. The summed E-state index contributed by atoms with van der Waals surface area (Å²) < 4.78 is 13.8. The Balaban J connectivity index is 2.15. The molecule has 1 aromatic rings. The zero-order valence-corrected chi connectivity index (χ0v) is 11.3. The molecule has 0 saturated carbocycles. The van der Waals surface area contributed by atoms with E-state index in [1.165, 1.54) is 11.0 Å². The van der Waals surface area contributed by atoms with E-state index in [1.54, 1.807) is 25.1 Å². The molecule has 0 radical (unpaired) electrons. The van der Waals surface area contributed by atoms with Crippen LogP contribution in [0, 0.1) is 5.82 Å². The Labute approximate surface area is 116 Å². The molecule has 1 aliphatic heterocycles. The zero-order valence-electron chi connectivity index (χ0n) is 11.3. The van der Waals surface area contributed by atoms with Crippen LogP contribution in [0.2, 0.25) is 0 Å². The zero-order chi connectivity index (χ0) is 14.7. The summed E-state index contributed by atoms with van der Waals surface area (Å²) in [5.41, 5.74) is 5.72. The van der Waals surface area contributed by atoms with Crippen molar-refractivity contribution in [2.24, 2.45) is 5.73 Å². The van der Waals surface area contributed by atoms with E-state index in [4.69, 9.17) is 5.73 Å². The number of nitrogens with one attached hydrogen (secondary N) is 1. The van der Waals surface area contributed by atoms with E-state index in [-0.39, 0.29) is 17.5 Å². The van der Waals surface area contributed by atoms with Crippen molar-refractivity contribution in [2.45, 2.75) is 31.8 Å². The maximum Gasteiger partial charge on any atom is 0.249 e. The average Bonchev–Trinajstić information content (AvgIpc) is 2.42. The topological polar surface area (TPSA) is 75.4 Å². The molecule has 1 unspecified atom stereocenters. The van der Waals surface area contributed by atoms with Gasteiger partial charge in [0.25, 0.3) is 0 Å². The molecular weight excluding hydrogens is 261 g/mol. The van der Waals surface area contributed by atoms with E-state index < -0.39 is 17.9 Å². The van der Waals surface area contributed by atoms with Gasteiger partial charge in [-0.1, -0.05) is 12.1 Å². The van der Waals surface area contributed by atoms with Crippen molar-refractivity contribution < 1.29 is 14.0 Å². The van der Waals surface area contributed by atoms with E-state index in [0.29, 0.717) is 19.4 Å². The lowest BCUT2D eigenvalue weighted by molar-refractivity contribution is -0.128. The number of hydrogen-bond donors (Lipinski definition) is 2. The maximum atomic E-state index is 13.8. The molecule has 1 aromatic carbocycles. The van der Waals surface area contributed by atoms with Crippen LogP contribution in [-0.4, -0.2) is 30.4 Å². The van der Waals surface area contributed by atoms with Gasteiger partial charge in [-0.05, 0) is 31.9 Å². The highest BCUT2D eigenvalue weighted by Crippen LogP contribution is 2.23. The lowest BCUT2D eigenvalue weighted by Gasteiger charge is -2.33. The first kappa shape index (κ1) is 14.5. The van der Waals surface area contributed by atoms with Gasteiger partial charge in [-0.15, -0.1) is 0 Å². The van der Waals surface area contributed by atoms with Gasteiger partial charge >= 0.3 is 0 Å². The van der Waals surface area contributed by atoms with Crippen LogP contribution in [0.1, 0.15) is 19.8 Å². The Hall–Kier alpha value is -1.95. The van der Waals surface area contributed by atoms with E-state index >= 15 is 0 Å². The highest BCUT2D eigenvalue weighted by atomic mass is 19.1. The molecule has 108 valence electrons. The van der Waals surface area contributed by atoms with Crippen molar-refractivity contribution in [1.29, 1.82) is 0 Å². The van der Waals surface area contributed by atoms with Crippen LogP contribution in [0.3, 0.4) is 0 Å². The first-order chi connectivity index (χ1) is 9.50. The number of carbonyl (C=O) groups excluding carboxylic acids is 2. The van der Waals surface area contributed by atoms with Crippen LogP contribution in [0.4, 0.5) is 10.1 Å². The summed E-state index contributed by atoms with van der Waals surface area (Å²) in [4.78, 5) is 25.3. The number of benzene rings is 1. The normalized spacial score (nSPS) is 20.6. The smallest absolute Gasteiger partial charge is 0.249 e. The summed E-state index contributed by atoms with van der Waals surface area (Å²) in [6, 6.07) is 4.81. The molecule has 5 nitrogen and oxygen atoms in total. The van der Waals surface area contributed by atoms with E-state index in [1.807, 2.05) is 0 Å². The van der Waals surface area contributed by atoms with Crippen molar-refractivity contribution in [3.05, 3.63) is 30.1 Å². The third kappa shape index (κ3) is 2.96. The van der Waals surface area contributed by atoms with Gasteiger partial charge in [-0.25, -0.2) is 4.39 Å². The predicted octanol–water partition coefficient (Wildman–Crippen LogP) is 0.784. The van der Waals surface area contributed by atoms with E-state index in [2.05, 4.69) is 5.32 Å². The molecule has 0 aromatic heterocycles. The monoisotopic (exact) mass is 279 g/mol. The predicted molar refractivity (Wildman–Crippen MR) is 73.6 cm³/mol. The second-order valence-electron chi connectivity index (χ2n) is 4.93. The van der Waals surface area contributed by atoms with Crippen LogP contribution in [0.25, 0.3) is 0 Å². The van der Waals surface area contributed by atoms with E-state index in [9.17, 15) is 14.0 Å². The van der Waals surface area contributed by atoms with Crippen LogP contribution in [0.15, 0.2) is 24.3 Å². The Morgan fingerprint density at radius 2 is 2.20 bits per heavy atom. The Morgan fingerprint density at radius 3 is 2.85 bits per heavy atom. The fourth-order valence-corrected chi connectivity index (χ4v) is 2.22. The summed E-state index contributed by atoms with van der Waals surface area (Å²) in [5, 5.41) is 2.61. The molecule has 1 fully saturated rings. The van der Waals surface area contributed by atoms with Gasteiger partial charge in [0.05, 0.1) is 11.7 Å². The summed E-state index contributed by atoms with van der Waals surface area (Å²) >= 11 is 0. The highest BCUT2D eigenvalue weighted by Gasteiger charge is 2.32. The number of halogens is 1. The average molecular weight is 279 g/mol. The highest BCUT2D eigenvalue weighted by molar-refractivity contribution is 6.00. The summed E-state index contributed by atoms with van der Waals surface area (Å²) in [7, 11) is 0.